The second-order valence-corrected chi connectivity index (χ2v) is 9.37. The summed E-state index contributed by atoms with van der Waals surface area (Å²) in [6.45, 7) is 8.25. The average molecular weight is 460 g/mol. The molecule has 174 valence electrons. The molecule has 0 radical (unpaired) electrons. The van der Waals surface area contributed by atoms with E-state index in [1.165, 1.54) is 0 Å². The molecule has 2 aromatic rings. The van der Waals surface area contributed by atoms with Crippen molar-refractivity contribution in [3.05, 3.63) is 51.0 Å². The molecule has 0 unspecified atom stereocenters. The van der Waals surface area contributed by atoms with Crippen LogP contribution in [0.5, 0.6) is 0 Å². The van der Waals surface area contributed by atoms with Crippen molar-refractivity contribution in [2.75, 3.05) is 13.1 Å². The third-order valence-electron chi connectivity index (χ3n) is 6.37. The van der Waals surface area contributed by atoms with E-state index in [0.717, 1.165) is 55.6 Å². The summed E-state index contributed by atoms with van der Waals surface area (Å²) >= 11 is 1.60. The van der Waals surface area contributed by atoms with E-state index < -0.39 is 11.9 Å². The van der Waals surface area contributed by atoms with Gasteiger partial charge in [0.15, 0.2) is 0 Å². The number of hydroxylamine groups is 1. The van der Waals surface area contributed by atoms with Gasteiger partial charge < -0.3 is 15.5 Å². The molecule has 3 rings (SSSR count). The van der Waals surface area contributed by atoms with Crippen LogP contribution >= 0.6 is 11.3 Å². The minimum Gasteiger partial charge on any atom is -0.366 e. The molecule has 1 atom stereocenters. The zero-order valence-electron chi connectivity index (χ0n) is 19.0. The summed E-state index contributed by atoms with van der Waals surface area (Å²) in [7, 11) is 0. The maximum Gasteiger partial charge on any atom is 0.341 e. The highest BCUT2D eigenvalue weighted by Gasteiger charge is 2.29. The van der Waals surface area contributed by atoms with Gasteiger partial charge in [0.2, 0.25) is 0 Å². The molecule has 3 amide bonds. The van der Waals surface area contributed by atoms with Crippen LogP contribution < -0.4 is 11.2 Å². The van der Waals surface area contributed by atoms with Crippen LogP contribution in [-0.4, -0.2) is 57.1 Å². The van der Waals surface area contributed by atoms with Crippen molar-refractivity contribution in [3.8, 4) is 0 Å². The van der Waals surface area contributed by atoms with Crippen LogP contribution in [0.25, 0.3) is 0 Å². The maximum absolute atomic E-state index is 12.3. The number of primary amides is 1. The van der Waals surface area contributed by atoms with Crippen molar-refractivity contribution in [1.29, 1.82) is 0 Å². The Kier molecular flexibility index (Phi) is 8.22. The van der Waals surface area contributed by atoms with Gasteiger partial charge in [-0.25, -0.2) is 10.3 Å². The fourth-order valence-corrected chi connectivity index (χ4v) is 5.26. The number of amides is 3. The second kappa shape index (κ2) is 10.9. The van der Waals surface area contributed by atoms with Gasteiger partial charge in [0.05, 0.1) is 11.3 Å². The van der Waals surface area contributed by atoms with Crippen LogP contribution in [0.1, 0.15) is 59.1 Å². The smallest absolute Gasteiger partial charge is 0.341 e. The number of piperidine rings is 1. The molecule has 1 fully saturated rings. The Morgan fingerprint density at radius 1 is 1.38 bits per heavy atom. The third kappa shape index (κ3) is 5.85. The first-order chi connectivity index (χ1) is 15.3. The van der Waals surface area contributed by atoms with Gasteiger partial charge in [-0.15, -0.1) is 0 Å². The first kappa shape index (κ1) is 24.2. The highest BCUT2D eigenvalue weighted by Crippen LogP contribution is 2.23. The molecule has 9 heteroatoms. The molecule has 4 N–H and O–H groups in total. The first-order valence-corrected chi connectivity index (χ1v) is 12.0. The highest BCUT2D eigenvalue weighted by atomic mass is 32.1. The molecule has 3 heterocycles. The quantitative estimate of drug-likeness (QED) is 0.414. The number of nitrogens with zero attached hydrogens (tertiary/aromatic N) is 3. The fraction of sp³-hybridized carbons (Fsp3) is 0.522. The number of hydrogen-bond acceptors (Lipinski definition) is 6. The Labute approximate surface area is 193 Å². The summed E-state index contributed by atoms with van der Waals surface area (Å²) < 4.78 is 0. The van der Waals surface area contributed by atoms with E-state index in [2.05, 4.69) is 16.8 Å². The Balaban J connectivity index is 1.54. The Hall–Kier alpha value is -2.49. The van der Waals surface area contributed by atoms with Crippen molar-refractivity contribution in [3.63, 3.8) is 0 Å². The Morgan fingerprint density at radius 2 is 2.09 bits per heavy atom. The van der Waals surface area contributed by atoms with Crippen LogP contribution in [-0.2, 0) is 13.0 Å². The van der Waals surface area contributed by atoms with E-state index in [-0.39, 0.29) is 6.04 Å². The van der Waals surface area contributed by atoms with Crippen molar-refractivity contribution in [2.24, 2.45) is 5.73 Å². The number of aromatic nitrogens is 1. The van der Waals surface area contributed by atoms with Crippen LogP contribution in [0.4, 0.5) is 4.79 Å². The van der Waals surface area contributed by atoms with Gasteiger partial charge in [0, 0.05) is 37.4 Å². The molecule has 0 aromatic carbocycles. The summed E-state index contributed by atoms with van der Waals surface area (Å²) in [6, 6.07) is 4.00. The number of urea groups is 1. The number of likely N-dealkylation sites (tertiary alicyclic amines) is 1. The monoisotopic (exact) mass is 459 g/mol. The van der Waals surface area contributed by atoms with Crippen LogP contribution in [0.2, 0.25) is 0 Å². The lowest BCUT2D eigenvalue weighted by Gasteiger charge is -2.40. The number of rotatable bonds is 8. The number of carbonyl (C=O) groups excluding carboxylic acids is 2. The third-order valence-corrected chi connectivity index (χ3v) is 7.10. The van der Waals surface area contributed by atoms with Gasteiger partial charge in [-0.05, 0) is 80.5 Å². The Morgan fingerprint density at radius 3 is 2.66 bits per heavy atom. The molecule has 1 aliphatic heterocycles. The number of pyridine rings is 1. The predicted octanol–water partition coefficient (Wildman–Crippen LogP) is 3.25. The average Bonchev–Trinajstić information content (AvgIpc) is 3.28. The number of aryl methyl sites for hydroxylation is 3. The van der Waals surface area contributed by atoms with Gasteiger partial charge >= 0.3 is 6.03 Å². The number of nitrogens with two attached hydrogens (primary N) is 1. The van der Waals surface area contributed by atoms with E-state index in [0.29, 0.717) is 23.8 Å². The molecule has 1 aliphatic rings. The summed E-state index contributed by atoms with van der Waals surface area (Å²) in [5.74, 6) is -0.432. The first-order valence-electron chi connectivity index (χ1n) is 11.0. The van der Waals surface area contributed by atoms with E-state index in [9.17, 15) is 14.8 Å². The highest BCUT2D eigenvalue weighted by molar-refractivity contribution is 7.07. The number of hydrogen-bond donors (Lipinski definition) is 3. The normalized spacial score (nSPS) is 16.0. The number of thiophene rings is 1. The van der Waals surface area contributed by atoms with Gasteiger partial charge in [-0.2, -0.15) is 11.3 Å². The number of nitrogens with one attached hydrogen (secondary N) is 1. The van der Waals surface area contributed by atoms with Crippen LogP contribution in [0, 0.1) is 13.8 Å². The molecule has 0 bridgehead atoms. The number of carbonyl (C=O) groups is 2. The van der Waals surface area contributed by atoms with Crippen molar-refractivity contribution in [2.45, 2.75) is 65.1 Å². The summed E-state index contributed by atoms with van der Waals surface area (Å²) in [5, 5.41) is 13.2. The molecule has 1 saturated heterocycles. The molecule has 0 aliphatic carbocycles. The molecular formula is C23H33N5O3S. The summed E-state index contributed by atoms with van der Waals surface area (Å²) in [6.07, 6.45) is 3.53. The van der Waals surface area contributed by atoms with Gasteiger partial charge in [-0.1, -0.05) is 0 Å². The molecule has 2 aromatic heterocycles. The summed E-state index contributed by atoms with van der Waals surface area (Å²) in [4.78, 5) is 32.6. The van der Waals surface area contributed by atoms with Gasteiger partial charge in [0.1, 0.15) is 0 Å². The van der Waals surface area contributed by atoms with Gasteiger partial charge in [-0.3, -0.25) is 15.0 Å². The van der Waals surface area contributed by atoms with Crippen molar-refractivity contribution >= 4 is 23.3 Å². The van der Waals surface area contributed by atoms with E-state index in [1.807, 2.05) is 42.2 Å². The molecule has 0 spiro atoms. The van der Waals surface area contributed by atoms with E-state index in [4.69, 9.17) is 5.73 Å². The lowest BCUT2D eigenvalue weighted by molar-refractivity contribution is 0.0744. The van der Waals surface area contributed by atoms with Crippen molar-refractivity contribution in [1.82, 2.24) is 20.3 Å². The van der Waals surface area contributed by atoms with E-state index >= 15 is 0 Å². The zero-order chi connectivity index (χ0) is 23.3. The zero-order valence-corrected chi connectivity index (χ0v) is 19.8. The largest absolute Gasteiger partial charge is 0.366 e. The standard InChI is InChI=1S/C23H33N5O3S/c1-15-12-19(25-17(3)21(15)22(24)29)5-4-16(2)27-9-6-20(7-10-27)28(23(30)26-31)13-18-8-11-32-14-18/h8,11-12,14,16,20,31H,4-7,9-10,13H2,1-3H3,(H2,24,29)(H,26,30)/t16-/m1/s1. The lowest BCUT2D eigenvalue weighted by atomic mass is 9.99. The van der Waals surface area contributed by atoms with Crippen LogP contribution in [0.15, 0.2) is 22.9 Å². The van der Waals surface area contributed by atoms with E-state index in [1.54, 1.807) is 16.2 Å². The lowest BCUT2D eigenvalue weighted by Crippen LogP contribution is -2.51. The summed E-state index contributed by atoms with van der Waals surface area (Å²) in [5.41, 5.74) is 11.4. The topological polar surface area (TPSA) is 112 Å². The fourth-order valence-electron chi connectivity index (χ4n) is 4.60. The molecule has 32 heavy (non-hydrogen) atoms. The van der Waals surface area contributed by atoms with Crippen molar-refractivity contribution < 1.29 is 14.8 Å². The molecule has 0 saturated carbocycles. The maximum atomic E-state index is 12.3. The minimum absolute atomic E-state index is 0.0961. The molecule has 8 nitrogen and oxygen atoms in total. The minimum atomic E-state index is -0.445. The van der Waals surface area contributed by atoms with Crippen LogP contribution in [0.3, 0.4) is 0 Å². The molecular weight excluding hydrogens is 426 g/mol. The SMILES string of the molecule is Cc1cc(CC[C@@H](C)N2CCC(N(Cc3ccsc3)C(=O)NO)CC2)nc(C)c1C(N)=O. The predicted molar refractivity (Wildman–Crippen MR) is 125 cm³/mol. The Bertz CT molecular complexity index is 903. The second-order valence-electron chi connectivity index (χ2n) is 8.59. The van der Waals surface area contributed by atoms with Gasteiger partial charge in [0.25, 0.3) is 5.91 Å².